The van der Waals surface area contributed by atoms with Crippen molar-refractivity contribution < 1.29 is 4.74 Å². The van der Waals surface area contributed by atoms with Gasteiger partial charge in [-0.1, -0.05) is 77.6 Å². The zero-order valence-corrected chi connectivity index (χ0v) is 14.9. The first kappa shape index (κ1) is 19.2. The molecule has 0 saturated heterocycles. The second kappa shape index (κ2) is 13.8. The van der Waals surface area contributed by atoms with E-state index in [1.807, 2.05) is 24.0 Å². The number of ether oxygens (including phenoxy) is 1. The molecular formula is C19H36N2O. The Bertz CT molecular complexity index is 349. The maximum atomic E-state index is 5.67. The molecule has 0 amide bonds. The van der Waals surface area contributed by atoms with Crippen LogP contribution in [0.3, 0.4) is 0 Å². The highest BCUT2D eigenvalue weighted by Crippen LogP contribution is 2.12. The van der Waals surface area contributed by atoms with E-state index >= 15 is 0 Å². The van der Waals surface area contributed by atoms with Crippen molar-refractivity contribution in [3.05, 3.63) is 18.2 Å². The highest BCUT2D eigenvalue weighted by Gasteiger charge is 1.98. The van der Waals surface area contributed by atoms with E-state index in [0.29, 0.717) is 6.61 Å². The van der Waals surface area contributed by atoms with Gasteiger partial charge >= 0.3 is 0 Å². The van der Waals surface area contributed by atoms with Gasteiger partial charge in [0.25, 0.3) is 0 Å². The van der Waals surface area contributed by atoms with E-state index in [1.165, 1.54) is 77.0 Å². The number of unbranched alkanes of at least 4 members (excludes halogenated alkanes) is 11. The van der Waals surface area contributed by atoms with Crippen LogP contribution in [0.25, 0.3) is 0 Å². The number of aryl methyl sites for hydroxylation is 1. The first-order valence-electron chi connectivity index (χ1n) is 9.38. The fourth-order valence-electron chi connectivity index (χ4n) is 2.74. The fourth-order valence-corrected chi connectivity index (χ4v) is 2.74. The normalized spacial score (nSPS) is 11.2. The van der Waals surface area contributed by atoms with Crippen LogP contribution in [0, 0.1) is 0 Å². The third kappa shape index (κ3) is 9.99. The van der Waals surface area contributed by atoms with Crippen molar-refractivity contribution in [3.8, 4) is 0 Å². The average molecular weight is 309 g/mol. The monoisotopic (exact) mass is 308 g/mol. The van der Waals surface area contributed by atoms with Crippen LogP contribution in [0.4, 0.5) is 0 Å². The van der Waals surface area contributed by atoms with Crippen LogP contribution < -0.4 is 0 Å². The summed E-state index contributed by atoms with van der Waals surface area (Å²) in [6, 6.07) is 0. The Labute approximate surface area is 137 Å². The predicted molar refractivity (Wildman–Crippen MR) is 93.9 cm³/mol. The molecule has 0 atom stereocenters. The van der Waals surface area contributed by atoms with Gasteiger partial charge in [-0.25, -0.2) is 4.98 Å². The molecule has 0 bridgehead atoms. The molecule has 0 saturated carbocycles. The lowest BCUT2D eigenvalue weighted by Gasteiger charge is -2.05. The van der Waals surface area contributed by atoms with Crippen molar-refractivity contribution in [2.75, 3.05) is 6.61 Å². The Morgan fingerprint density at radius 1 is 0.864 bits per heavy atom. The van der Waals surface area contributed by atoms with E-state index < -0.39 is 0 Å². The maximum absolute atomic E-state index is 5.67. The second-order valence-electron chi connectivity index (χ2n) is 6.40. The molecular weight excluding hydrogens is 272 g/mol. The molecule has 0 aliphatic heterocycles. The number of rotatable bonds is 15. The molecule has 1 rings (SSSR count). The van der Waals surface area contributed by atoms with Crippen LogP contribution >= 0.6 is 0 Å². The number of hydrogen-bond acceptors (Lipinski definition) is 2. The molecule has 0 unspecified atom stereocenters. The van der Waals surface area contributed by atoms with Gasteiger partial charge in [0.05, 0.1) is 0 Å². The van der Waals surface area contributed by atoms with Crippen molar-refractivity contribution in [1.82, 2.24) is 9.55 Å². The summed E-state index contributed by atoms with van der Waals surface area (Å²) in [6.45, 7) is 3.79. The van der Waals surface area contributed by atoms with Crippen molar-refractivity contribution in [2.45, 2.75) is 90.6 Å². The summed E-state index contributed by atoms with van der Waals surface area (Å²) in [4.78, 5) is 4.25. The predicted octanol–water partition coefficient (Wildman–Crippen LogP) is 5.64. The molecule has 1 heterocycles. The number of nitrogens with zero attached hydrogens (tertiary/aromatic N) is 2. The molecule has 3 nitrogen and oxygen atoms in total. The van der Waals surface area contributed by atoms with E-state index in [4.69, 9.17) is 4.74 Å². The van der Waals surface area contributed by atoms with E-state index in [9.17, 15) is 0 Å². The van der Waals surface area contributed by atoms with E-state index in [2.05, 4.69) is 11.9 Å². The van der Waals surface area contributed by atoms with Crippen molar-refractivity contribution in [3.63, 3.8) is 0 Å². The lowest BCUT2D eigenvalue weighted by molar-refractivity contribution is 0.109. The van der Waals surface area contributed by atoms with Gasteiger partial charge in [0.15, 0.2) is 0 Å². The van der Waals surface area contributed by atoms with Crippen molar-refractivity contribution >= 4 is 0 Å². The van der Waals surface area contributed by atoms with E-state index in [1.54, 1.807) is 0 Å². The SMILES string of the molecule is CCCCCCCCCCCCCCOCc1nccn1C. The molecule has 1 aromatic rings. The van der Waals surface area contributed by atoms with Crippen LogP contribution in [0.1, 0.15) is 89.8 Å². The molecule has 0 N–H and O–H groups in total. The van der Waals surface area contributed by atoms with Gasteiger partial charge in [0, 0.05) is 26.0 Å². The Balaban J connectivity index is 1.74. The zero-order valence-electron chi connectivity index (χ0n) is 14.9. The molecule has 0 aliphatic rings. The third-order valence-electron chi connectivity index (χ3n) is 4.29. The summed E-state index contributed by atoms with van der Waals surface area (Å²) < 4.78 is 7.68. The van der Waals surface area contributed by atoms with Crippen LogP contribution in [-0.4, -0.2) is 16.2 Å². The minimum atomic E-state index is 0.640. The molecule has 128 valence electrons. The van der Waals surface area contributed by atoms with E-state index in [0.717, 1.165) is 12.4 Å². The molecule has 3 heteroatoms. The smallest absolute Gasteiger partial charge is 0.134 e. The van der Waals surface area contributed by atoms with Gasteiger partial charge in [0.1, 0.15) is 12.4 Å². The van der Waals surface area contributed by atoms with Gasteiger partial charge in [-0.3, -0.25) is 0 Å². The Morgan fingerprint density at radius 3 is 1.91 bits per heavy atom. The van der Waals surface area contributed by atoms with Gasteiger partial charge in [0.2, 0.25) is 0 Å². The van der Waals surface area contributed by atoms with Crippen molar-refractivity contribution in [2.24, 2.45) is 7.05 Å². The molecule has 1 aromatic heterocycles. The number of hydrogen-bond donors (Lipinski definition) is 0. The lowest BCUT2D eigenvalue weighted by atomic mass is 10.1. The summed E-state index contributed by atoms with van der Waals surface area (Å²) in [5, 5.41) is 0. The Morgan fingerprint density at radius 2 is 1.41 bits per heavy atom. The largest absolute Gasteiger partial charge is 0.374 e. The quantitative estimate of drug-likeness (QED) is 0.392. The summed E-state index contributed by atoms with van der Waals surface area (Å²) in [5.41, 5.74) is 0. The molecule has 0 aromatic carbocycles. The summed E-state index contributed by atoms with van der Waals surface area (Å²) in [5.74, 6) is 1.01. The van der Waals surface area contributed by atoms with E-state index in [-0.39, 0.29) is 0 Å². The summed E-state index contributed by atoms with van der Waals surface area (Å²) >= 11 is 0. The molecule has 0 radical (unpaired) electrons. The standard InChI is InChI=1S/C19H36N2O/c1-3-4-5-6-7-8-9-10-11-12-13-14-17-22-18-19-20-15-16-21(19)2/h15-16H,3-14,17-18H2,1-2H3. The highest BCUT2D eigenvalue weighted by molar-refractivity contribution is 4.88. The second-order valence-corrected chi connectivity index (χ2v) is 6.40. The fraction of sp³-hybridized carbons (Fsp3) is 0.842. The number of aromatic nitrogens is 2. The molecule has 22 heavy (non-hydrogen) atoms. The minimum absolute atomic E-state index is 0.640. The molecule has 0 spiro atoms. The van der Waals surface area contributed by atoms with Crippen LogP contribution in [-0.2, 0) is 18.4 Å². The molecule has 0 fully saturated rings. The highest BCUT2D eigenvalue weighted by atomic mass is 16.5. The summed E-state index contributed by atoms with van der Waals surface area (Å²) in [6.07, 6.45) is 20.4. The Kier molecular flexibility index (Phi) is 12.1. The van der Waals surface area contributed by atoms with Gasteiger partial charge in [-0.15, -0.1) is 0 Å². The topological polar surface area (TPSA) is 27.1 Å². The van der Waals surface area contributed by atoms with Crippen LogP contribution in [0.2, 0.25) is 0 Å². The summed E-state index contributed by atoms with van der Waals surface area (Å²) in [7, 11) is 2.01. The number of imidazole rings is 1. The zero-order chi connectivity index (χ0) is 15.9. The van der Waals surface area contributed by atoms with Crippen LogP contribution in [0.5, 0.6) is 0 Å². The minimum Gasteiger partial charge on any atom is -0.374 e. The molecule has 0 aliphatic carbocycles. The third-order valence-corrected chi connectivity index (χ3v) is 4.29. The van der Waals surface area contributed by atoms with Gasteiger partial charge < -0.3 is 9.30 Å². The Hall–Kier alpha value is -0.830. The van der Waals surface area contributed by atoms with Gasteiger partial charge in [-0.05, 0) is 6.42 Å². The van der Waals surface area contributed by atoms with Crippen molar-refractivity contribution in [1.29, 1.82) is 0 Å². The lowest BCUT2D eigenvalue weighted by Crippen LogP contribution is -2.02. The first-order chi connectivity index (χ1) is 10.8. The maximum Gasteiger partial charge on any atom is 0.134 e. The average Bonchev–Trinajstić information content (AvgIpc) is 2.93. The van der Waals surface area contributed by atoms with Gasteiger partial charge in [-0.2, -0.15) is 0 Å². The van der Waals surface area contributed by atoms with Crippen LogP contribution in [0.15, 0.2) is 12.4 Å². The first-order valence-corrected chi connectivity index (χ1v) is 9.38.